The molecule has 1 aliphatic carbocycles. The van der Waals surface area contributed by atoms with Crippen LogP contribution in [0.4, 0.5) is 4.79 Å². The fourth-order valence-corrected chi connectivity index (χ4v) is 3.44. The van der Waals surface area contributed by atoms with Gasteiger partial charge in [-0.15, -0.1) is 0 Å². The molecule has 10 heteroatoms. The molecule has 0 aromatic carbocycles. The standard InChI is InChI=1S/C21H37N3O7/c1-11(2)16(19(28)30-7)23-15(26)10-13-8-9-14(25)17(13)24-18(27)12(3)22-20(29)31-21(4,5)6/h11-14,16-17,25H,8-10H2,1-7H3,(H,22,29)(H,23,26)(H,24,27)/t12-,13+,14-,16-,17-/m0/s1. The van der Waals surface area contributed by atoms with Crippen molar-refractivity contribution in [3.63, 3.8) is 0 Å². The maximum absolute atomic E-state index is 12.5. The smallest absolute Gasteiger partial charge is 0.408 e. The van der Waals surface area contributed by atoms with Crippen molar-refractivity contribution in [1.29, 1.82) is 0 Å². The number of aliphatic hydroxyl groups excluding tert-OH is 1. The van der Waals surface area contributed by atoms with Gasteiger partial charge in [0.25, 0.3) is 0 Å². The van der Waals surface area contributed by atoms with Crippen molar-refractivity contribution < 1.29 is 33.8 Å². The van der Waals surface area contributed by atoms with E-state index < -0.39 is 47.8 Å². The highest BCUT2D eigenvalue weighted by Crippen LogP contribution is 2.29. The first-order valence-corrected chi connectivity index (χ1v) is 10.6. The van der Waals surface area contributed by atoms with Crippen LogP contribution in [0.25, 0.3) is 0 Å². The molecule has 0 spiro atoms. The number of aliphatic hydroxyl groups is 1. The number of carbonyl (C=O) groups is 4. The summed E-state index contributed by atoms with van der Waals surface area (Å²) in [7, 11) is 1.26. The Bertz CT molecular complexity index is 660. The van der Waals surface area contributed by atoms with Gasteiger partial charge in [-0.25, -0.2) is 9.59 Å². The Hall–Kier alpha value is -2.36. The van der Waals surface area contributed by atoms with Crippen LogP contribution in [0.1, 0.15) is 60.8 Å². The second kappa shape index (κ2) is 11.3. The third kappa shape index (κ3) is 8.72. The minimum absolute atomic E-state index is 0.0378. The van der Waals surface area contributed by atoms with Crippen LogP contribution in [0.3, 0.4) is 0 Å². The normalized spacial score (nSPS) is 22.9. The van der Waals surface area contributed by atoms with Gasteiger partial charge >= 0.3 is 12.1 Å². The average Bonchev–Trinajstić information content (AvgIpc) is 2.96. The fourth-order valence-electron chi connectivity index (χ4n) is 3.44. The molecule has 10 nitrogen and oxygen atoms in total. The van der Waals surface area contributed by atoms with Crippen LogP contribution in [-0.2, 0) is 23.9 Å². The minimum atomic E-state index is -0.887. The van der Waals surface area contributed by atoms with E-state index in [4.69, 9.17) is 9.47 Å². The number of hydrogen-bond donors (Lipinski definition) is 4. The Balaban J connectivity index is 2.68. The quantitative estimate of drug-likeness (QED) is 0.407. The van der Waals surface area contributed by atoms with E-state index in [0.717, 1.165) is 0 Å². The Labute approximate surface area is 183 Å². The first-order valence-electron chi connectivity index (χ1n) is 10.6. The lowest BCUT2D eigenvalue weighted by molar-refractivity contribution is -0.146. The Morgan fingerprint density at radius 3 is 2.19 bits per heavy atom. The highest BCUT2D eigenvalue weighted by molar-refractivity contribution is 5.86. The van der Waals surface area contributed by atoms with E-state index in [0.29, 0.717) is 12.8 Å². The van der Waals surface area contributed by atoms with Gasteiger partial charge < -0.3 is 30.5 Å². The second-order valence-electron chi connectivity index (χ2n) is 9.32. The number of amides is 3. The van der Waals surface area contributed by atoms with Crippen molar-refractivity contribution in [1.82, 2.24) is 16.0 Å². The van der Waals surface area contributed by atoms with Gasteiger partial charge in [-0.2, -0.15) is 0 Å². The highest BCUT2D eigenvalue weighted by atomic mass is 16.6. The minimum Gasteiger partial charge on any atom is -0.467 e. The summed E-state index contributed by atoms with van der Waals surface area (Å²) < 4.78 is 9.87. The largest absolute Gasteiger partial charge is 0.467 e. The van der Waals surface area contributed by atoms with Crippen LogP contribution < -0.4 is 16.0 Å². The molecule has 0 bridgehead atoms. The first kappa shape index (κ1) is 26.7. The van der Waals surface area contributed by atoms with Crippen LogP contribution >= 0.6 is 0 Å². The topological polar surface area (TPSA) is 143 Å². The second-order valence-corrected chi connectivity index (χ2v) is 9.32. The van der Waals surface area contributed by atoms with E-state index in [9.17, 15) is 24.3 Å². The van der Waals surface area contributed by atoms with Gasteiger partial charge in [0.1, 0.15) is 17.7 Å². The van der Waals surface area contributed by atoms with Gasteiger partial charge in [-0.3, -0.25) is 9.59 Å². The number of carbonyl (C=O) groups excluding carboxylic acids is 4. The molecule has 0 unspecified atom stereocenters. The molecule has 31 heavy (non-hydrogen) atoms. The summed E-state index contributed by atoms with van der Waals surface area (Å²) >= 11 is 0. The number of ether oxygens (including phenoxy) is 2. The summed E-state index contributed by atoms with van der Waals surface area (Å²) in [6.07, 6.45) is -0.521. The van der Waals surface area contributed by atoms with Gasteiger partial charge in [0.05, 0.1) is 19.3 Å². The summed E-state index contributed by atoms with van der Waals surface area (Å²) in [6.45, 7) is 10.2. The van der Waals surface area contributed by atoms with E-state index in [-0.39, 0.29) is 24.2 Å². The maximum atomic E-state index is 12.5. The molecule has 0 radical (unpaired) electrons. The van der Waals surface area contributed by atoms with Gasteiger partial charge in [-0.1, -0.05) is 13.8 Å². The molecule has 1 rings (SSSR count). The molecule has 0 aromatic rings. The molecule has 3 amide bonds. The van der Waals surface area contributed by atoms with Crippen LogP contribution in [0, 0.1) is 11.8 Å². The lowest BCUT2D eigenvalue weighted by Gasteiger charge is -2.27. The van der Waals surface area contributed by atoms with E-state index in [2.05, 4.69) is 16.0 Å². The van der Waals surface area contributed by atoms with Gasteiger partial charge in [0.15, 0.2) is 0 Å². The van der Waals surface area contributed by atoms with E-state index in [1.165, 1.54) is 14.0 Å². The number of nitrogens with one attached hydrogen (secondary N) is 3. The molecule has 178 valence electrons. The van der Waals surface area contributed by atoms with Crippen LogP contribution in [-0.4, -0.2) is 65.9 Å². The summed E-state index contributed by atoms with van der Waals surface area (Å²) in [5.74, 6) is -1.83. The van der Waals surface area contributed by atoms with Crippen LogP contribution in [0.15, 0.2) is 0 Å². The van der Waals surface area contributed by atoms with E-state index in [1.807, 2.05) is 0 Å². The zero-order valence-corrected chi connectivity index (χ0v) is 19.5. The Morgan fingerprint density at radius 2 is 1.68 bits per heavy atom. The fraction of sp³-hybridized carbons (Fsp3) is 0.810. The number of alkyl carbamates (subject to hydrolysis) is 1. The maximum Gasteiger partial charge on any atom is 0.408 e. The van der Waals surface area contributed by atoms with E-state index in [1.54, 1.807) is 34.6 Å². The predicted molar refractivity (Wildman–Crippen MR) is 113 cm³/mol. The van der Waals surface area contributed by atoms with Crippen molar-refractivity contribution in [2.75, 3.05) is 7.11 Å². The molecular weight excluding hydrogens is 406 g/mol. The molecule has 1 saturated carbocycles. The van der Waals surface area contributed by atoms with Crippen molar-refractivity contribution in [3.05, 3.63) is 0 Å². The van der Waals surface area contributed by atoms with Crippen molar-refractivity contribution in [2.24, 2.45) is 11.8 Å². The molecule has 1 aliphatic rings. The van der Waals surface area contributed by atoms with E-state index >= 15 is 0 Å². The molecule has 0 saturated heterocycles. The zero-order valence-electron chi connectivity index (χ0n) is 19.5. The zero-order chi connectivity index (χ0) is 23.9. The predicted octanol–water partition coefficient (Wildman–Crippen LogP) is 0.859. The van der Waals surface area contributed by atoms with Crippen molar-refractivity contribution in [2.45, 2.75) is 90.6 Å². The first-order chi connectivity index (χ1) is 14.2. The van der Waals surface area contributed by atoms with Crippen molar-refractivity contribution >= 4 is 23.9 Å². The lowest BCUT2D eigenvalue weighted by Crippen LogP contribution is -2.53. The van der Waals surface area contributed by atoms with Gasteiger partial charge in [0, 0.05) is 6.42 Å². The summed E-state index contributed by atoms with van der Waals surface area (Å²) in [5.41, 5.74) is -0.696. The third-order valence-electron chi connectivity index (χ3n) is 5.08. The number of methoxy groups -OCH3 is 1. The summed E-state index contributed by atoms with van der Waals surface area (Å²) in [5, 5.41) is 18.2. The summed E-state index contributed by atoms with van der Waals surface area (Å²) in [4.78, 5) is 48.7. The lowest BCUT2D eigenvalue weighted by atomic mass is 9.97. The molecule has 0 aromatic heterocycles. The van der Waals surface area contributed by atoms with Gasteiger partial charge in [0.2, 0.25) is 11.8 Å². The number of hydrogen-bond acceptors (Lipinski definition) is 7. The summed E-state index contributed by atoms with van der Waals surface area (Å²) in [6, 6.07) is -2.30. The third-order valence-corrected chi connectivity index (χ3v) is 5.08. The number of esters is 1. The number of rotatable bonds is 8. The monoisotopic (exact) mass is 443 g/mol. The molecule has 0 heterocycles. The Morgan fingerprint density at radius 1 is 1.06 bits per heavy atom. The molecule has 1 fully saturated rings. The van der Waals surface area contributed by atoms with Crippen molar-refractivity contribution in [3.8, 4) is 0 Å². The van der Waals surface area contributed by atoms with Gasteiger partial charge in [-0.05, 0) is 52.4 Å². The molecule has 0 aliphatic heterocycles. The van der Waals surface area contributed by atoms with Crippen LogP contribution in [0.5, 0.6) is 0 Å². The highest BCUT2D eigenvalue weighted by Gasteiger charge is 2.38. The van der Waals surface area contributed by atoms with Crippen LogP contribution in [0.2, 0.25) is 0 Å². The SMILES string of the molecule is COC(=O)[C@@H](NC(=O)C[C@H]1CC[C@H](O)[C@H]1NC(=O)[C@H](C)NC(=O)OC(C)(C)C)C(C)C. The average molecular weight is 444 g/mol. The Kier molecular flexibility index (Phi) is 9.73. The molecule has 4 N–H and O–H groups in total. The molecular formula is C21H37N3O7. The molecule has 5 atom stereocenters.